The molecule has 4 aliphatic rings. The first-order chi connectivity index (χ1) is 9.28. The van der Waals surface area contributed by atoms with E-state index in [1.54, 1.807) is 0 Å². The van der Waals surface area contributed by atoms with Crippen LogP contribution in [-0.4, -0.2) is 36.1 Å². The van der Waals surface area contributed by atoms with Crippen LogP contribution in [0.2, 0.25) is 0 Å². The van der Waals surface area contributed by atoms with Gasteiger partial charge in [-0.05, 0) is 56.3 Å². The lowest BCUT2D eigenvalue weighted by atomic mass is 9.77. The Hall–Kier alpha value is -0.0800. The smallest absolute Gasteiger partial charge is 0.0200 e. The van der Waals surface area contributed by atoms with Gasteiger partial charge in [0.25, 0.3) is 0 Å². The van der Waals surface area contributed by atoms with Crippen molar-refractivity contribution in [2.45, 2.75) is 76.4 Å². The third kappa shape index (κ3) is 3.00. The monoisotopic (exact) mass is 262 g/mol. The van der Waals surface area contributed by atoms with Gasteiger partial charge >= 0.3 is 0 Å². The molecule has 0 radical (unpaired) electrons. The lowest BCUT2D eigenvalue weighted by molar-refractivity contribution is 0.0198. The second kappa shape index (κ2) is 5.04. The lowest BCUT2D eigenvalue weighted by Crippen LogP contribution is -2.57. The fourth-order valence-corrected chi connectivity index (χ4v) is 4.40. The second-order valence-corrected chi connectivity index (χ2v) is 7.99. The van der Waals surface area contributed by atoms with Crippen LogP contribution < -0.4 is 5.32 Å². The highest BCUT2D eigenvalue weighted by Crippen LogP contribution is 2.40. The summed E-state index contributed by atoms with van der Waals surface area (Å²) >= 11 is 0. The maximum Gasteiger partial charge on any atom is 0.0200 e. The number of hydrogen-bond donors (Lipinski definition) is 1. The van der Waals surface area contributed by atoms with Crippen molar-refractivity contribution in [1.29, 1.82) is 0 Å². The van der Waals surface area contributed by atoms with Crippen LogP contribution in [0.3, 0.4) is 0 Å². The average molecular weight is 262 g/mol. The molecule has 19 heavy (non-hydrogen) atoms. The van der Waals surface area contributed by atoms with Gasteiger partial charge in [-0.1, -0.05) is 19.8 Å². The van der Waals surface area contributed by atoms with Crippen LogP contribution in [0.1, 0.15) is 58.3 Å². The molecule has 3 saturated carbocycles. The summed E-state index contributed by atoms with van der Waals surface area (Å²) in [6.45, 7) is 5.21. The van der Waals surface area contributed by atoms with Crippen molar-refractivity contribution < 1.29 is 0 Å². The summed E-state index contributed by atoms with van der Waals surface area (Å²) in [5, 5.41) is 3.92. The van der Waals surface area contributed by atoms with Crippen LogP contribution >= 0.6 is 0 Å². The Balaban J connectivity index is 1.38. The maximum atomic E-state index is 3.92. The molecule has 108 valence electrons. The van der Waals surface area contributed by atoms with E-state index < -0.39 is 0 Å². The summed E-state index contributed by atoms with van der Waals surface area (Å²) in [7, 11) is 0. The zero-order valence-electron chi connectivity index (χ0n) is 12.5. The van der Waals surface area contributed by atoms with Gasteiger partial charge in [0.05, 0.1) is 0 Å². The molecule has 4 rings (SSSR count). The quantitative estimate of drug-likeness (QED) is 0.819. The lowest BCUT2D eigenvalue weighted by Gasteiger charge is -2.48. The Morgan fingerprint density at radius 1 is 0.895 bits per heavy atom. The molecule has 1 aliphatic heterocycles. The van der Waals surface area contributed by atoms with Gasteiger partial charge in [0.1, 0.15) is 0 Å². The molecule has 0 bridgehead atoms. The Labute approximate surface area is 118 Å². The number of piperidine rings is 1. The van der Waals surface area contributed by atoms with E-state index in [1.165, 1.54) is 64.5 Å². The van der Waals surface area contributed by atoms with E-state index in [0.29, 0.717) is 0 Å². The van der Waals surface area contributed by atoms with Crippen LogP contribution in [0.15, 0.2) is 0 Å². The van der Waals surface area contributed by atoms with Gasteiger partial charge in [0.2, 0.25) is 0 Å². The van der Waals surface area contributed by atoms with E-state index >= 15 is 0 Å². The fourth-order valence-electron chi connectivity index (χ4n) is 4.40. The van der Waals surface area contributed by atoms with Crippen LogP contribution in [0.4, 0.5) is 0 Å². The highest BCUT2D eigenvalue weighted by molar-refractivity contribution is 4.96. The summed E-state index contributed by atoms with van der Waals surface area (Å²) in [6, 6.07) is 2.61. The SMILES string of the molecule is CC1CCC1N1CC(CC2CC2)CC(NC2CC2)C1. The van der Waals surface area contributed by atoms with Crippen molar-refractivity contribution in [2.75, 3.05) is 13.1 Å². The fraction of sp³-hybridized carbons (Fsp3) is 1.00. The zero-order valence-corrected chi connectivity index (χ0v) is 12.5. The summed E-state index contributed by atoms with van der Waals surface area (Å²) in [5.41, 5.74) is 0. The van der Waals surface area contributed by atoms with E-state index in [2.05, 4.69) is 17.1 Å². The Morgan fingerprint density at radius 2 is 1.74 bits per heavy atom. The van der Waals surface area contributed by atoms with E-state index in [9.17, 15) is 0 Å². The molecule has 0 amide bonds. The molecule has 2 nitrogen and oxygen atoms in total. The van der Waals surface area contributed by atoms with Crippen LogP contribution in [0.25, 0.3) is 0 Å². The predicted octanol–water partition coefficient (Wildman–Crippen LogP) is 3.03. The summed E-state index contributed by atoms with van der Waals surface area (Å²) in [5.74, 6) is 3.05. The molecule has 0 aromatic carbocycles. The van der Waals surface area contributed by atoms with Crippen LogP contribution in [0.5, 0.6) is 0 Å². The Bertz CT molecular complexity index is 299. The first kappa shape index (κ1) is 12.6. The van der Waals surface area contributed by atoms with Gasteiger partial charge < -0.3 is 5.32 Å². The molecule has 0 aromatic rings. The van der Waals surface area contributed by atoms with E-state index in [-0.39, 0.29) is 0 Å². The molecule has 3 aliphatic carbocycles. The van der Waals surface area contributed by atoms with Crippen molar-refractivity contribution in [3.63, 3.8) is 0 Å². The number of nitrogens with zero attached hydrogens (tertiary/aromatic N) is 1. The van der Waals surface area contributed by atoms with E-state index in [0.717, 1.165) is 35.9 Å². The minimum atomic E-state index is 0.804. The highest BCUT2D eigenvalue weighted by atomic mass is 15.2. The maximum absolute atomic E-state index is 3.92. The van der Waals surface area contributed by atoms with Crippen molar-refractivity contribution in [1.82, 2.24) is 10.2 Å². The standard InChI is InChI=1S/C17H30N2/c1-12-2-7-17(12)19-10-14(8-13-3-4-13)9-16(11-19)18-15-5-6-15/h12-18H,2-11H2,1H3. The van der Waals surface area contributed by atoms with Crippen LogP contribution in [-0.2, 0) is 0 Å². The average Bonchev–Trinajstić information content (AvgIpc) is 3.23. The minimum Gasteiger partial charge on any atom is -0.310 e. The molecule has 1 heterocycles. The third-order valence-corrected chi connectivity index (χ3v) is 6.02. The molecule has 0 aromatic heterocycles. The van der Waals surface area contributed by atoms with Crippen LogP contribution in [0, 0.1) is 17.8 Å². The van der Waals surface area contributed by atoms with Gasteiger partial charge in [0, 0.05) is 31.2 Å². The number of hydrogen-bond acceptors (Lipinski definition) is 2. The Morgan fingerprint density at radius 3 is 2.32 bits per heavy atom. The zero-order chi connectivity index (χ0) is 12.8. The highest BCUT2D eigenvalue weighted by Gasteiger charge is 2.39. The normalized spacial score (nSPS) is 44.1. The Kier molecular flexibility index (Phi) is 3.35. The van der Waals surface area contributed by atoms with E-state index in [4.69, 9.17) is 0 Å². The number of rotatable bonds is 5. The van der Waals surface area contributed by atoms with Gasteiger partial charge in [-0.3, -0.25) is 4.90 Å². The molecule has 1 N–H and O–H groups in total. The van der Waals surface area contributed by atoms with Crippen molar-refractivity contribution >= 4 is 0 Å². The summed E-state index contributed by atoms with van der Waals surface area (Å²) < 4.78 is 0. The minimum absolute atomic E-state index is 0.804. The van der Waals surface area contributed by atoms with Crippen molar-refractivity contribution in [3.05, 3.63) is 0 Å². The largest absolute Gasteiger partial charge is 0.310 e. The van der Waals surface area contributed by atoms with Crippen molar-refractivity contribution in [2.24, 2.45) is 17.8 Å². The summed E-state index contributed by atoms with van der Waals surface area (Å²) in [6.07, 6.45) is 11.8. The predicted molar refractivity (Wildman–Crippen MR) is 79.2 cm³/mol. The molecule has 4 fully saturated rings. The summed E-state index contributed by atoms with van der Waals surface area (Å²) in [4.78, 5) is 2.87. The van der Waals surface area contributed by atoms with Gasteiger partial charge in [-0.2, -0.15) is 0 Å². The van der Waals surface area contributed by atoms with Gasteiger partial charge in [-0.25, -0.2) is 0 Å². The molecule has 2 heteroatoms. The molecule has 4 unspecified atom stereocenters. The molecule has 4 atom stereocenters. The first-order valence-electron chi connectivity index (χ1n) is 8.78. The second-order valence-electron chi connectivity index (χ2n) is 7.99. The van der Waals surface area contributed by atoms with Gasteiger partial charge in [0.15, 0.2) is 0 Å². The number of likely N-dealkylation sites (tertiary alicyclic amines) is 1. The molecular weight excluding hydrogens is 232 g/mol. The number of nitrogens with one attached hydrogen (secondary N) is 1. The van der Waals surface area contributed by atoms with Gasteiger partial charge in [-0.15, -0.1) is 0 Å². The molecule has 1 saturated heterocycles. The topological polar surface area (TPSA) is 15.3 Å². The third-order valence-electron chi connectivity index (χ3n) is 6.02. The molecule has 0 spiro atoms. The van der Waals surface area contributed by atoms with Crippen molar-refractivity contribution in [3.8, 4) is 0 Å². The molecular formula is C17H30N2. The van der Waals surface area contributed by atoms with E-state index in [1.807, 2.05) is 0 Å². The first-order valence-corrected chi connectivity index (χ1v) is 8.78.